The van der Waals surface area contributed by atoms with E-state index >= 15 is 0 Å². The fourth-order valence-corrected chi connectivity index (χ4v) is 1.36. The second-order valence-corrected chi connectivity index (χ2v) is 3.49. The lowest BCUT2D eigenvalue weighted by Gasteiger charge is -1.98. The SMILES string of the molecule is CCCSc1ncc(CN)cn1. The van der Waals surface area contributed by atoms with Gasteiger partial charge in [-0.15, -0.1) is 0 Å². The lowest BCUT2D eigenvalue weighted by molar-refractivity contribution is 0.911. The normalized spacial score (nSPS) is 10.2. The second-order valence-electron chi connectivity index (χ2n) is 2.43. The Morgan fingerprint density at radius 2 is 2.08 bits per heavy atom. The highest BCUT2D eigenvalue weighted by Gasteiger charge is 1.95. The van der Waals surface area contributed by atoms with Crippen molar-refractivity contribution < 1.29 is 0 Å². The Hall–Kier alpha value is -0.610. The maximum absolute atomic E-state index is 5.41. The van der Waals surface area contributed by atoms with E-state index in [2.05, 4.69) is 16.9 Å². The van der Waals surface area contributed by atoms with Crippen molar-refractivity contribution in [2.24, 2.45) is 5.73 Å². The third-order valence-electron chi connectivity index (χ3n) is 1.35. The predicted molar refractivity (Wildman–Crippen MR) is 50.9 cm³/mol. The molecule has 0 bridgehead atoms. The zero-order chi connectivity index (χ0) is 8.81. The smallest absolute Gasteiger partial charge is 0.187 e. The van der Waals surface area contributed by atoms with E-state index in [-0.39, 0.29) is 0 Å². The first-order chi connectivity index (χ1) is 5.86. The molecule has 0 aliphatic carbocycles. The molecule has 1 aromatic rings. The summed E-state index contributed by atoms with van der Waals surface area (Å²) in [6.07, 6.45) is 4.71. The van der Waals surface area contributed by atoms with Crippen LogP contribution in [0.2, 0.25) is 0 Å². The van der Waals surface area contributed by atoms with Crippen molar-refractivity contribution in [3.63, 3.8) is 0 Å². The van der Waals surface area contributed by atoms with Crippen molar-refractivity contribution in [2.45, 2.75) is 25.0 Å². The van der Waals surface area contributed by atoms with Gasteiger partial charge < -0.3 is 5.73 Å². The van der Waals surface area contributed by atoms with Crippen LogP contribution >= 0.6 is 11.8 Å². The quantitative estimate of drug-likeness (QED) is 0.567. The molecule has 12 heavy (non-hydrogen) atoms. The monoisotopic (exact) mass is 183 g/mol. The number of hydrogen-bond acceptors (Lipinski definition) is 4. The van der Waals surface area contributed by atoms with Crippen molar-refractivity contribution in [3.05, 3.63) is 18.0 Å². The molecule has 1 aromatic heterocycles. The van der Waals surface area contributed by atoms with E-state index in [1.807, 2.05) is 0 Å². The first kappa shape index (κ1) is 9.48. The minimum atomic E-state index is 0.513. The van der Waals surface area contributed by atoms with Gasteiger partial charge in [0.1, 0.15) is 0 Å². The average molecular weight is 183 g/mol. The Bertz CT molecular complexity index is 222. The number of rotatable bonds is 4. The molecule has 0 aliphatic rings. The van der Waals surface area contributed by atoms with Crippen LogP contribution in [0.1, 0.15) is 18.9 Å². The lowest BCUT2D eigenvalue weighted by atomic mass is 10.4. The summed E-state index contributed by atoms with van der Waals surface area (Å²) in [6, 6.07) is 0. The summed E-state index contributed by atoms with van der Waals surface area (Å²) in [6.45, 7) is 2.65. The van der Waals surface area contributed by atoms with Crippen LogP contribution in [-0.2, 0) is 6.54 Å². The van der Waals surface area contributed by atoms with Crippen molar-refractivity contribution in [2.75, 3.05) is 5.75 Å². The summed E-state index contributed by atoms with van der Waals surface area (Å²) in [7, 11) is 0. The Morgan fingerprint density at radius 1 is 1.42 bits per heavy atom. The minimum absolute atomic E-state index is 0.513. The van der Waals surface area contributed by atoms with Gasteiger partial charge >= 0.3 is 0 Å². The second kappa shape index (κ2) is 5.11. The van der Waals surface area contributed by atoms with E-state index in [0.29, 0.717) is 6.54 Å². The number of hydrogen-bond donors (Lipinski definition) is 1. The zero-order valence-electron chi connectivity index (χ0n) is 7.16. The van der Waals surface area contributed by atoms with Gasteiger partial charge in [-0.05, 0) is 6.42 Å². The van der Waals surface area contributed by atoms with Crippen molar-refractivity contribution in [3.8, 4) is 0 Å². The average Bonchev–Trinajstić information content (AvgIpc) is 2.15. The summed E-state index contributed by atoms with van der Waals surface area (Å²) in [4.78, 5) is 8.32. The van der Waals surface area contributed by atoms with E-state index in [1.54, 1.807) is 24.2 Å². The molecule has 0 fully saturated rings. The molecule has 1 rings (SSSR count). The lowest BCUT2D eigenvalue weighted by Crippen LogP contribution is -1.98. The van der Waals surface area contributed by atoms with Crippen LogP contribution < -0.4 is 5.73 Å². The molecular weight excluding hydrogens is 170 g/mol. The molecule has 1 heterocycles. The van der Waals surface area contributed by atoms with Gasteiger partial charge in [-0.2, -0.15) is 0 Å². The van der Waals surface area contributed by atoms with Gasteiger partial charge in [0.25, 0.3) is 0 Å². The number of aromatic nitrogens is 2. The molecule has 0 unspecified atom stereocenters. The number of nitrogens with two attached hydrogens (primary N) is 1. The maximum atomic E-state index is 5.41. The first-order valence-electron chi connectivity index (χ1n) is 4.00. The number of nitrogens with zero attached hydrogens (tertiary/aromatic N) is 2. The molecule has 4 heteroatoms. The third kappa shape index (κ3) is 2.79. The van der Waals surface area contributed by atoms with Gasteiger partial charge in [-0.3, -0.25) is 0 Å². The highest BCUT2D eigenvalue weighted by molar-refractivity contribution is 7.99. The van der Waals surface area contributed by atoms with Crippen molar-refractivity contribution >= 4 is 11.8 Å². The molecule has 0 aliphatic heterocycles. The highest BCUT2D eigenvalue weighted by atomic mass is 32.2. The minimum Gasteiger partial charge on any atom is -0.326 e. The van der Waals surface area contributed by atoms with Crippen LogP contribution in [0.25, 0.3) is 0 Å². The summed E-state index contributed by atoms with van der Waals surface area (Å²) >= 11 is 1.68. The standard InChI is InChI=1S/C8H13N3S/c1-2-3-12-8-10-5-7(4-9)6-11-8/h5-6H,2-4,9H2,1H3. The third-order valence-corrected chi connectivity index (χ3v) is 2.43. The molecule has 0 radical (unpaired) electrons. The fraction of sp³-hybridized carbons (Fsp3) is 0.500. The Morgan fingerprint density at radius 3 is 2.58 bits per heavy atom. The Kier molecular flexibility index (Phi) is 4.04. The van der Waals surface area contributed by atoms with E-state index in [0.717, 1.165) is 22.9 Å². The zero-order valence-corrected chi connectivity index (χ0v) is 7.97. The highest BCUT2D eigenvalue weighted by Crippen LogP contribution is 2.12. The summed E-state index contributed by atoms with van der Waals surface area (Å²) < 4.78 is 0. The number of thioether (sulfide) groups is 1. The molecule has 0 saturated heterocycles. The van der Waals surface area contributed by atoms with Crippen molar-refractivity contribution in [1.82, 2.24) is 9.97 Å². The van der Waals surface area contributed by atoms with Crippen molar-refractivity contribution in [1.29, 1.82) is 0 Å². The van der Waals surface area contributed by atoms with Gasteiger partial charge in [-0.25, -0.2) is 9.97 Å². The van der Waals surface area contributed by atoms with Crippen LogP contribution in [0.5, 0.6) is 0 Å². The fourth-order valence-electron chi connectivity index (χ4n) is 0.716. The van der Waals surface area contributed by atoms with E-state index < -0.39 is 0 Å². The summed E-state index contributed by atoms with van der Waals surface area (Å²) in [5.41, 5.74) is 6.40. The molecule has 66 valence electrons. The largest absolute Gasteiger partial charge is 0.326 e. The molecule has 2 N–H and O–H groups in total. The van der Waals surface area contributed by atoms with Gasteiger partial charge in [0, 0.05) is 30.3 Å². The topological polar surface area (TPSA) is 51.8 Å². The van der Waals surface area contributed by atoms with Crippen LogP contribution in [0.4, 0.5) is 0 Å². The predicted octanol–water partition coefficient (Wildman–Crippen LogP) is 1.44. The van der Waals surface area contributed by atoms with Crippen LogP contribution in [-0.4, -0.2) is 15.7 Å². The summed E-state index contributed by atoms with van der Waals surface area (Å²) in [5, 5.41) is 0.842. The molecule has 0 atom stereocenters. The van der Waals surface area contributed by atoms with Crippen LogP contribution in [0, 0.1) is 0 Å². The van der Waals surface area contributed by atoms with E-state index in [9.17, 15) is 0 Å². The van der Waals surface area contributed by atoms with Gasteiger partial charge in [-0.1, -0.05) is 18.7 Å². The Labute approximate surface area is 76.8 Å². The molecule has 0 saturated carbocycles. The Balaban J connectivity index is 2.53. The van der Waals surface area contributed by atoms with Crippen LogP contribution in [0.3, 0.4) is 0 Å². The molecule has 0 aromatic carbocycles. The van der Waals surface area contributed by atoms with Gasteiger partial charge in [0.2, 0.25) is 0 Å². The van der Waals surface area contributed by atoms with E-state index in [4.69, 9.17) is 5.73 Å². The van der Waals surface area contributed by atoms with E-state index in [1.165, 1.54) is 0 Å². The molecule has 0 amide bonds. The van der Waals surface area contributed by atoms with Crippen LogP contribution in [0.15, 0.2) is 17.6 Å². The van der Waals surface area contributed by atoms with Gasteiger partial charge in [0.15, 0.2) is 5.16 Å². The maximum Gasteiger partial charge on any atom is 0.187 e. The van der Waals surface area contributed by atoms with Gasteiger partial charge in [0.05, 0.1) is 0 Å². The molecular formula is C8H13N3S. The summed E-state index contributed by atoms with van der Waals surface area (Å²) in [5.74, 6) is 1.07. The molecule has 3 nitrogen and oxygen atoms in total. The first-order valence-corrected chi connectivity index (χ1v) is 4.99. The molecule has 0 spiro atoms.